The number of halogens is 4. The van der Waals surface area contributed by atoms with Gasteiger partial charge in [0.05, 0.1) is 16.3 Å². The molecule has 1 saturated carbocycles. The standard InChI is InChI=1S/C12H13ClF3N/c13-10-6-5-8(12(14,15)16)7-11(10)17-9-3-1-2-4-9/h5-7,9,17H,1-4H2. The Labute approximate surface area is 103 Å². The molecule has 1 aromatic carbocycles. The molecule has 0 bridgehead atoms. The molecule has 1 N–H and O–H groups in total. The van der Waals surface area contributed by atoms with Crippen molar-refractivity contribution in [3.8, 4) is 0 Å². The molecule has 0 aromatic heterocycles. The van der Waals surface area contributed by atoms with Gasteiger partial charge in [-0.2, -0.15) is 13.2 Å². The molecule has 5 heteroatoms. The molecule has 1 aliphatic carbocycles. The Hall–Kier alpha value is -0.900. The lowest BCUT2D eigenvalue weighted by Gasteiger charge is -2.16. The second kappa shape index (κ2) is 4.77. The van der Waals surface area contributed by atoms with Crippen molar-refractivity contribution in [3.05, 3.63) is 28.8 Å². The van der Waals surface area contributed by atoms with Crippen LogP contribution in [0.15, 0.2) is 18.2 Å². The van der Waals surface area contributed by atoms with Gasteiger partial charge in [0.1, 0.15) is 0 Å². The summed E-state index contributed by atoms with van der Waals surface area (Å²) in [6.45, 7) is 0. The van der Waals surface area contributed by atoms with Gasteiger partial charge in [-0.15, -0.1) is 0 Å². The van der Waals surface area contributed by atoms with Crippen LogP contribution in [0.3, 0.4) is 0 Å². The van der Waals surface area contributed by atoms with E-state index in [1.807, 2.05) is 0 Å². The van der Waals surface area contributed by atoms with Crippen LogP contribution in [0.2, 0.25) is 5.02 Å². The zero-order valence-corrected chi connectivity index (χ0v) is 9.91. The average molecular weight is 264 g/mol. The van der Waals surface area contributed by atoms with Crippen LogP contribution in [-0.4, -0.2) is 6.04 Å². The highest BCUT2D eigenvalue weighted by Crippen LogP contribution is 2.35. The Kier molecular flexibility index (Phi) is 3.52. The number of rotatable bonds is 2. The van der Waals surface area contributed by atoms with Crippen LogP contribution in [0, 0.1) is 0 Å². The van der Waals surface area contributed by atoms with E-state index >= 15 is 0 Å². The second-order valence-electron chi connectivity index (χ2n) is 4.32. The molecule has 0 spiro atoms. The summed E-state index contributed by atoms with van der Waals surface area (Å²) in [6.07, 6.45) is -0.0989. The summed E-state index contributed by atoms with van der Waals surface area (Å²) >= 11 is 5.89. The number of benzene rings is 1. The Morgan fingerprint density at radius 1 is 1.18 bits per heavy atom. The van der Waals surface area contributed by atoms with E-state index < -0.39 is 11.7 Å². The second-order valence-corrected chi connectivity index (χ2v) is 4.73. The van der Waals surface area contributed by atoms with Crippen molar-refractivity contribution in [2.24, 2.45) is 0 Å². The number of alkyl halides is 3. The van der Waals surface area contributed by atoms with Crippen LogP contribution in [0.4, 0.5) is 18.9 Å². The van der Waals surface area contributed by atoms with Crippen LogP contribution in [-0.2, 0) is 6.18 Å². The average Bonchev–Trinajstić information content (AvgIpc) is 2.72. The Morgan fingerprint density at radius 2 is 1.82 bits per heavy atom. The third-order valence-corrected chi connectivity index (χ3v) is 3.34. The van der Waals surface area contributed by atoms with E-state index in [4.69, 9.17) is 11.6 Å². The van der Waals surface area contributed by atoms with Gasteiger partial charge in [-0.3, -0.25) is 0 Å². The normalized spacial score (nSPS) is 17.4. The molecule has 0 radical (unpaired) electrons. The maximum absolute atomic E-state index is 12.5. The first-order valence-corrected chi connectivity index (χ1v) is 5.98. The molecule has 0 aliphatic heterocycles. The molecule has 0 saturated heterocycles. The molecule has 1 fully saturated rings. The number of nitrogens with one attached hydrogen (secondary N) is 1. The minimum absolute atomic E-state index is 0.246. The molecular weight excluding hydrogens is 251 g/mol. The topological polar surface area (TPSA) is 12.0 Å². The highest BCUT2D eigenvalue weighted by atomic mass is 35.5. The number of hydrogen-bond acceptors (Lipinski definition) is 1. The van der Waals surface area contributed by atoms with Crippen molar-refractivity contribution in [2.45, 2.75) is 37.9 Å². The molecule has 2 rings (SSSR count). The molecule has 0 amide bonds. The van der Waals surface area contributed by atoms with Crippen LogP contribution < -0.4 is 5.32 Å². The summed E-state index contributed by atoms with van der Waals surface area (Å²) < 4.78 is 37.6. The van der Waals surface area contributed by atoms with E-state index in [1.165, 1.54) is 6.07 Å². The number of hydrogen-bond donors (Lipinski definition) is 1. The molecular formula is C12H13ClF3N. The summed E-state index contributed by atoms with van der Waals surface area (Å²) in [7, 11) is 0. The van der Waals surface area contributed by atoms with Crippen LogP contribution in [0.5, 0.6) is 0 Å². The molecule has 1 aromatic rings. The predicted octanol–water partition coefficient (Wildman–Crippen LogP) is 4.71. The summed E-state index contributed by atoms with van der Waals surface area (Å²) in [5.41, 5.74) is -0.282. The summed E-state index contributed by atoms with van der Waals surface area (Å²) in [5, 5.41) is 3.43. The zero-order valence-electron chi connectivity index (χ0n) is 9.15. The fourth-order valence-electron chi connectivity index (χ4n) is 2.10. The monoisotopic (exact) mass is 263 g/mol. The van der Waals surface area contributed by atoms with Gasteiger partial charge in [0, 0.05) is 6.04 Å². The highest BCUT2D eigenvalue weighted by molar-refractivity contribution is 6.33. The van der Waals surface area contributed by atoms with Crippen molar-refractivity contribution in [3.63, 3.8) is 0 Å². The molecule has 1 nitrogen and oxygen atoms in total. The Morgan fingerprint density at radius 3 is 2.41 bits per heavy atom. The van der Waals surface area contributed by atoms with Gasteiger partial charge in [-0.25, -0.2) is 0 Å². The van der Waals surface area contributed by atoms with Gasteiger partial charge in [-0.1, -0.05) is 24.4 Å². The number of anilines is 1. The Balaban J connectivity index is 2.20. The fraction of sp³-hybridized carbons (Fsp3) is 0.500. The summed E-state index contributed by atoms with van der Waals surface area (Å²) in [5.74, 6) is 0. The van der Waals surface area contributed by atoms with Crippen molar-refractivity contribution in [2.75, 3.05) is 5.32 Å². The molecule has 0 unspecified atom stereocenters. The van der Waals surface area contributed by atoms with E-state index in [1.54, 1.807) is 0 Å². The van der Waals surface area contributed by atoms with E-state index in [-0.39, 0.29) is 6.04 Å². The molecule has 1 aliphatic rings. The molecule has 17 heavy (non-hydrogen) atoms. The lowest BCUT2D eigenvalue weighted by Crippen LogP contribution is -2.15. The van der Waals surface area contributed by atoms with Gasteiger partial charge in [0.2, 0.25) is 0 Å². The zero-order chi connectivity index (χ0) is 12.5. The fourth-order valence-corrected chi connectivity index (χ4v) is 2.27. The van der Waals surface area contributed by atoms with Gasteiger partial charge >= 0.3 is 6.18 Å². The van der Waals surface area contributed by atoms with Gasteiger partial charge < -0.3 is 5.32 Å². The predicted molar refractivity (Wildman–Crippen MR) is 62.3 cm³/mol. The van der Waals surface area contributed by atoms with Crippen LogP contribution in [0.1, 0.15) is 31.2 Å². The van der Waals surface area contributed by atoms with E-state index in [0.717, 1.165) is 37.8 Å². The van der Waals surface area contributed by atoms with Crippen LogP contribution in [0.25, 0.3) is 0 Å². The lowest BCUT2D eigenvalue weighted by atomic mass is 10.1. The van der Waals surface area contributed by atoms with Crippen LogP contribution >= 0.6 is 11.6 Å². The lowest BCUT2D eigenvalue weighted by molar-refractivity contribution is -0.137. The maximum Gasteiger partial charge on any atom is 0.416 e. The first-order valence-electron chi connectivity index (χ1n) is 5.60. The van der Waals surface area contributed by atoms with E-state index in [0.29, 0.717) is 10.7 Å². The first-order chi connectivity index (χ1) is 7.97. The van der Waals surface area contributed by atoms with Gasteiger partial charge in [-0.05, 0) is 31.0 Å². The van der Waals surface area contributed by atoms with E-state index in [9.17, 15) is 13.2 Å². The maximum atomic E-state index is 12.5. The minimum atomic E-state index is -4.32. The minimum Gasteiger partial charge on any atom is -0.381 e. The quantitative estimate of drug-likeness (QED) is 0.815. The van der Waals surface area contributed by atoms with E-state index in [2.05, 4.69) is 5.32 Å². The van der Waals surface area contributed by atoms with Gasteiger partial charge in [0.25, 0.3) is 0 Å². The third-order valence-electron chi connectivity index (χ3n) is 3.01. The first kappa shape index (κ1) is 12.6. The summed E-state index contributed by atoms with van der Waals surface area (Å²) in [4.78, 5) is 0. The highest BCUT2D eigenvalue weighted by Gasteiger charge is 2.31. The Bertz CT molecular complexity index is 397. The SMILES string of the molecule is FC(F)(F)c1ccc(Cl)c(NC2CCCC2)c1. The van der Waals surface area contributed by atoms with Crippen molar-refractivity contribution < 1.29 is 13.2 Å². The smallest absolute Gasteiger partial charge is 0.381 e. The third kappa shape index (κ3) is 3.06. The van der Waals surface area contributed by atoms with Gasteiger partial charge in [0.15, 0.2) is 0 Å². The van der Waals surface area contributed by atoms with Crippen molar-refractivity contribution >= 4 is 17.3 Å². The molecule has 0 atom stereocenters. The largest absolute Gasteiger partial charge is 0.416 e. The molecule has 94 valence electrons. The van der Waals surface area contributed by atoms with Crippen molar-refractivity contribution in [1.82, 2.24) is 0 Å². The van der Waals surface area contributed by atoms with Crippen molar-refractivity contribution in [1.29, 1.82) is 0 Å². The molecule has 0 heterocycles. The summed E-state index contributed by atoms with van der Waals surface area (Å²) in [6, 6.07) is 3.63.